The maximum atomic E-state index is 13.5. The van der Waals surface area contributed by atoms with Crippen molar-refractivity contribution in [2.75, 3.05) is 24.4 Å². The molecule has 0 spiro atoms. The van der Waals surface area contributed by atoms with Crippen molar-refractivity contribution >= 4 is 40.1 Å². The van der Waals surface area contributed by atoms with Crippen LogP contribution in [0.15, 0.2) is 65.7 Å². The first-order chi connectivity index (χ1) is 15.1. The summed E-state index contributed by atoms with van der Waals surface area (Å²) in [5, 5.41) is 5.06. The molecule has 2 aromatic carbocycles. The fourth-order valence-corrected chi connectivity index (χ4v) is 4.22. The third-order valence-corrected chi connectivity index (χ3v) is 6.00. The molecule has 1 aromatic heterocycles. The van der Waals surface area contributed by atoms with E-state index in [0.717, 1.165) is 21.9 Å². The number of carbonyl (C=O) groups is 2. The van der Waals surface area contributed by atoms with E-state index in [4.69, 9.17) is 9.47 Å². The zero-order valence-electron chi connectivity index (χ0n) is 17.5. The molecule has 3 aromatic rings. The molecule has 0 unspecified atom stereocenters. The lowest BCUT2D eigenvalue weighted by Crippen LogP contribution is -2.32. The van der Waals surface area contributed by atoms with Crippen LogP contribution in [0.3, 0.4) is 0 Å². The Morgan fingerprint density at radius 2 is 1.74 bits per heavy atom. The van der Waals surface area contributed by atoms with E-state index >= 15 is 0 Å². The molecule has 0 atom stereocenters. The molecule has 0 radical (unpaired) electrons. The molecule has 1 aliphatic heterocycles. The lowest BCUT2D eigenvalue weighted by atomic mass is 10.1. The van der Waals surface area contributed by atoms with Crippen molar-refractivity contribution in [2.45, 2.75) is 13.3 Å². The normalized spacial score (nSPS) is 13.7. The molecule has 31 heavy (non-hydrogen) atoms. The van der Waals surface area contributed by atoms with Crippen LogP contribution in [0.2, 0.25) is 0 Å². The highest BCUT2D eigenvalue weighted by atomic mass is 32.1. The Morgan fingerprint density at radius 3 is 2.35 bits per heavy atom. The Bertz CT molecular complexity index is 1150. The Morgan fingerprint density at radius 1 is 0.968 bits per heavy atom. The number of nitrogens with one attached hydrogen (secondary N) is 1. The second-order valence-corrected chi connectivity index (χ2v) is 7.83. The van der Waals surface area contributed by atoms with Gasteiger partial charge in [-0.3, -0.25) is 9.59 Å². The first-order valence-corrected chi connectivity index (χ1v) is 10.7. The molecule has 0 saturated heterocycles. The summed E-state index contributed by atoms with van der Waals surface area (Å²) in [7, 11) is 3.03. The van der Waals surface area contributed by atoms with Crippen LogP contribution < -0.4 is 19.7 Å². The summed E-state index contributed by atoms with van der Waals surface area (Å²) in [6.45, 7) is 2.08. The minimum Gasteiger partial charge on any atom is -0.497 e. The van der Waals surface area contributed by atoms with E-state index in [2.05, 4.69) is 12.2 Å². The number of ether oxygens (including phenoxy) is 2. The average molecular weight is 435 g/mol. The van der Waals surface area contributed by atoms with Crippen molar-refractivity contribution in [3.63, 3.8) is 0 Å². The number of aryl methyl sites for hydroxylation is 1. The van der Waals surface area contributed by atoms with Gasteiger partial charge < -0.3 is 14.8 Å². The number of nitrogens with zero attached hydrogens (tertiary/aromatic N) is 1. The predicted octanol–water partition coefficient (Wildman–Crippen LogP) is 4.72. The zero-order chi connectivity index (χ0) is 22.0. The van der Waals surface area contributed by atoms with E-state index < -0.39 is 11.8 Å². The van der Waals surface area contributed by atoms with Crippen molar-refractivity contribution in [2.24, 2.45) is 0 Å². The van der Waals surface area contributed by atoms with Gasteiger partial charge in [-0.05, 0) is 47.7 Å². The summed E-state index contributed by atoms with van der Waals surface area (Å²) in [6, 6.07) is 16.5. The minimum absolute atomic E-state index is 0.238. The van der Waals surface area contributed by atoms with Crippen LogP contribution >= 0.6 is 11.3 Å². The minimum atomic E-state index is -0.445. The molecule has 158 valence electrons. The number of hydrogen-bond acceptors (Lipinski definition) is 6. The lowest BCUT2D eigenvalue weighted by molar-refractivity contribution is -0.120. The Hall–Kier alpha value is -3.58. The van der Waals surface area contributed by atoms with Crippen molar-refractivity contribution in [1.29, 1.82) is 0 Å². The highest BCUT2D eigenvalue weighted by molar-refractivity contribution is 7.11. The molecule has 2 heterocycles. The molecule has 1 N–H and O–H groups in total. The van der Waals surface area contributed by atoms with E-state index in [1.54, 1.807) is 18.2 Å². The van der Waals surface area contributed by atoms with Gasteiger partial charge in [-0.2, -0.15) is 0 Å². The molecule has 2 amide bonds. The number of anilines is 2. The van der Waals surface area contributed by atoms with E-state index in [-0.39, 0.29) is 5.70 Å². The van der Waals surface area contributed by atoms with Crippen molar-refractivity contribution in [3.05, 3.63) is 76.1 Å². The van der Waals surface area contributed by atoms with Crippen molar-refractivity contribution in [3.8, 4) is 11.5 Å². The SMILES string of the molecule is CCc1ccc(NC2=C(c3cccs3)C(=O)N(c3cc(OC)ccc3OC)C2=O)cc1. The number of rotatable bonds is 7. The fraction of sp³-hybridized carbons (Fsp3) is 0.167. The molecule has 0 bridgehead atoms. The van der Waals surface area contributed by atoms with Crippen LogP contribution in [-0.4, -0.2) is 26.0 Å². The maximum absolute atomic E-state index is 13.5. The quantitative estimate of drug-likeness (QED) is 0.545. The average Bonchev–Trinajstić information content (AvgIpc) is 3.40. The van der Waals surface area contributed by atoms with Gasteiger partial charge in [-0.25, -0.2) is 4.90 Å². The van der Waals surface area contributed by atoms with Crippen LogP contribution in [0, 0.1) is 0 Å². The summed E-state index contributed by atoms with van der Waals surface area (Å²) in [5.41, 5.74) is 2.84. The topological polar surface area (TPSA) is 67.9 Å². The first kappa shape index (κ1) is 20.7. The van der Waals surface area contributed by atoms with Crippen LogP contribution in [0.1, 0.15) is 17.4 Å². The van der Waals surface area contributed by atoms with E-state index in [1.165, 1.54) is 31.1 Å². The van der Waals surface area contributed by atoms with Gasteiger partial charge in [0.05, 0.1) is 25.5 Å². The summed E-state index contributed by atoms with van der Waals surface area (Å²) in [4.78, 5) is 28.9. The van der Waals surface area contributed by atoms with Crippen molar-refractivity contribution < 1.29 is 19.1 Å². The first-order valence-electron chi connectivity index (χ1n) is 9.82. The molecular weight excluding hydrogens is 412 g/mol. The Kier molecular flexibility index (Phi) is 5.77. The summed E-state index contributed by atoms with van der Waals surface area (Å²) in [6.07, 6.45) is 0.921. The lowest BCUT2D eigenvalue weighted by Gasteiger charge is -2.19. The number of amides is 2. The summed E-state index contributed by atoms with van der Waals surface area (Å²) < 4.78 is 10.7. The smallest absolute Gasteiger partial charge is 0.282 e. The highest BCUT2D eigenvalue weighted by Crippen LogP contribution is 2.40. The second kappa shape index (κ2) is 8.65. The van der Waals surface area contributed by atoms with Gasteiger partial charge in [0, 0.05) is 16.6 Å². The van der Waals surface area contributed by atoms with Gasteiger partial charge >= 0.3 is 0 Å². The molecular formula is C24H22N2O4S. The van der Waals surface area contributed by atoms with Crippen LogP contribution in [0.5, 0.6) is 11.5 Å². The number of imide groups is 1. The Labute approximate surface area is 184 Å². The number of methoxy groups -OCH3 is 2. The molecule has 7 heteroatoms. The third kappa shape index (κ3) is 3.80. The number of thiophene rings is 1. The monoisotopic (exact) mass is 434 g/mol. The second-order valence-electron chi connectivity index (χ2n) is 6.89. The van der Waals surface area contributed by atoms with Crippen LogP contribution in [0.4, 0.5) is 11.4 Å². The zero-order valence-corrected chi connectivity index (χ0v) is 18.3. The molecule has 0 fully saturated rings. The number of hydrogen-bond donors (Lipinski definition) is 1. The summed E-state index contributed by atoms with van der Waals surface area (Å²) in [5.74, 6) is 0.0680. The molecule has 1 aliphatic rings. The third-order valence-electron chi connectivity index (χ3n) is 5.11. The fourth-order valence-electron chi connectivity index (χ4n) is 3.45. The standard InChI is InChI=1S/C24H22N2O4S/c1-4-15-7-9-16(10-8-15)25-22-21(20-6-5-13-31-20)23(27)26(24(22)28)18-14-17(29-2)11-12-19(18)30-3/h5-14,25H,4H2,1-3H3. The van der Waals surface area contributed by atoms with E-state index in [9.17, 15) is 9.59 Å². The number of benzene rings is 2. The van der Waals surface area contributed by atoms with Crippen molar-refractivity contribution in [1.82, 2.24) is 0 Å². The van der Waals surface area contributed by atoms with Gasteiger partial charge in [-0.1, -0.05) is 25.1 Å². The maximum Gasteiger partial charge on any atom is 0.282 e. The number of carbonyl (C=O) groups excluding carboxylic acids is 2. The van der Waals surface area contributed by atoms with Crippen LogP contribution in [-0.2, 0) is 16.0 Å². The Balaban J connectivity index is 1.80. The molecule has 0 saturated carbocycles. The highest BCUT2D eigenvalue weighted by Gasteiger charge is 2.42. The van der Waals surface area contributed by atoms with Gasteiger partial charge in [0.1, 0.15) is 17.2 Å². The summed E-state index contributed by atoms with van der Waals surface area (Å²) >= 11 is 1.41. The van der Waals surface area contributed by atoms with Gasteiger partial charge in [0.2, 0.25) is 0 Å². The van der Waals surface area contributed by atoms with Gasteiger partial charge in [0.25, 0.3) is 11.8 Å². The van der Waals surface area contributed by atoms with Gasteiger partial charge in [0.15, 0.2) is 0 Å². The van der Waals surface area contributed by atoms with Gasteiger partial charge in [-0.15, -0.1) is 11.3 Å². The molecule has 0 aliphatic carbocycles. The van der Waals surface area contributed by atoms with E-state index in [0.29, 0.717) is 22.8 Å². The molecule has 4 rings (SSSR count). The van der Waals surface area contributed by atoms with Crippen LogP contribution in [0.25, 0.3) is 5.57 Å². The predicted molar refractivity (Wildman–Crippen MR) is 123 cm³/mol. The largest absolute Gasteiger partial charge is 0.497 e. The molecule has 6 nitrogen and oxygen atoms in total. The van der Waals surface area contributed by atoms with E-state index in [1.807, 2.05) is 41.8 Å².